The van der Waals surface area contributed by atoms with Crippen LogP contribution in [-0.4, -0.2) is 55.7 Å². The number of ether oxygens (including phenoxy) is 2. The molecule has 10 nitrogen and oxygen atoms in total. The lowest BCUT2D eigenvalue weighted by molar-refractivity contribution is -0.120. The van der Waals surface area contributed by atoms with Crippen LogP contribution in [0.4, 0.5) is 16.2 Å². The van der Waals surface area contributed by atoms with E-state index in [2.05, 4.69) is 10.3 Å². The second-order valence-corrected chi connectivity index (χ2v) is 6.09. The molecule has 0 bridgehead atoms. The number of hydrogen-bond donors (Lipinski definition) is 1. The van der Waals surface area contributed by atoms with Gasteiger partial charge in [-0.1, -0.05) is 0 Å². The maximum Gasteiger partial charge on any atom is 0.414 e. The predicted molar refractivity (Wildman–Crippen MR) is 91.8 cm³/mol. The van der Waals surface area contributed by atoms with E-state index in [-0.39, 0.29) is 31.4 Å². The molecular formula is C17H16N4O6. The van der Waals surface area contributed by atoms with Gasteiger partial charge in [0.1, 0.15) is 11.9 Å². The molecule has 0 radical (unpaired) electrons. The molecule has 1 saturated heterocycles. The van der Waals surface area contributed by atoms with Crippen LogP contribution in [0.3, 0.4) is 0 Å². The molecule has 1 N–H and O–H groups in total. The van der Waals surface area contributed by atoms with E-state index in [1.54, 1.807) is 25.2 Å². The molecule has 1 aromatic carbocycles. The van der Waals surface area contributed by atoms with Crippen molar-refractivity contribution >= 4 is 29.3 Å². The van der Waals surface area contributed by atoms with Crippen LogP contribution >= 0.6 is 0 Å². The van der Waals surface area contributed by atoms with Gasteiger partial charge >= 0.3 is 6.09 Å². The van der Waals surface area contributed by atoms with Crippen molar-refractivity contribution in [2.45, 2.75) is 6.10 Å². The van der Waals surface area contributed by atoms with Crippen molar-refractivity contribution in [2.24, 2.45) is 0 Å². The molecule has 2 aliphatic heterocycles. The molecule has 3 heterocycles. The number of cyclic esters (lactones) is 1. The van der Waals surface area contributed by atoms with Gasteiger partial charge in [0.05, 0.1) is 30.7 Å². The van der Waals surface area contributed by atoms with Gasteiger partial charge in [-0.15, -0.1) is 0 Å². The van der Waals surface area contributed by atoms with E-state index in [1.807, 2.05) is 0 Å². The number of anilines is 2. The standard InChI is InChI=1S/C17H16N4O6/c1-20-12-3-2-10(4-13(12)25-8-15(20)22)21-7-11(27-17(21)24)5-19-16(23)14-6-18-9-26-14/h2-4,6,9,11H,5,7-8H2,1H3,(H,19,23)/t11-/m0/s1. The quantitative estimate of drug-likeness (QED) is 0.844. The number of carbonyl (C=O) groups excluding carboxylic acids is 3. The normalized spacial score (nSPS) is 18.8. The molecule has 0 unspecified atom stereocenters. The number of aromatic nitrogens is 1. The molecule has 3 amide bonds. The topological polar surface area (TPSA) is 114 Å². The fourth-order valence-electron chi connectivity index (χ4n) is 2.89. The van der Waals surface area contributed by atoms with Crippen LogP contribution in [0.1, 0.15) is 10.6 Å². The van der Waals surface area contributed by atoms with Gasteiger partial charge in [-0.25, -0.2) is 9.78 Å². The summed E-state index contributed by atoms with van der Waals surface area (Å²) >= 11 is 0. The molecule has 1 fully saturated rings. The van der Waals surface area contributed by atoms with Gasteiger partial charge in [-0.05, 0) is 12.1 Å². The summed E-state index contributed by atoms with van der Waals surface area (Å²) in [5, 5.41) is 2.63. The van der Waals surface area contributed by atoms with E-state index in [0.29, 0.717) is 17.1 Å². The smallest absolute Gasteiger partial charge is 0.414 e. The second-order valence-electron chi connectivity index (χ2n) is 6.09. The van der Waals surface area contributed by atoms with Gasteiger partial charge in [0.2, 0.25) is 5.76 Å². The van der Waals surface area contributed by atoms with Crippen LogP contribution in [-0.2, 0) is 9.53 Å². The Morgan fingerprint density at radius 1 is 1.37 bits per heavy atom. The number of oxazole rings is 1. The van der Waals surface area contributed by atoms with Crippen LogP contribution in [0.25, 0.3) is 0 Å². The maximum absolute atomic E-state index is 12.2. The van der Waals surface area contributed by atoms with Crippen molar-refractivity contribution < 1.29 is 28.3 Å². The Bertz CT molecular complexity index is 897. The summed E-state index contributed by atoms with van der Waals surface area (Å²) in [6, 6.07) is 5.12. The minimum atomic E-state index is -0.519. The number of hydrogen-bond acceptors (Lipinski definition) is 7. The molecule has 4 rings (SSSR count). The Kier molecular flexibility index (Phi) is 4.15. The third-order valence-electron chi connectivity index (χ3n) is 4.36. The summed E-state index contributed by atoms with van der Waals surface area (Å²) in [6.45, 7) is 0.358. The van der Waals surface area contributed by atoms with Crippen molar-refractivity contribution in [3.05, 3.63) is 36.5 Å². The van der Waals surface area contributed by atoms with Crippen LogP contribution in [0, 0.1) is 0 Å². The van der Waals surface area contributed by atoms with Crippen molar-refractivity contribution in [3.63, 3.8) is 0 Å². The van der Waals surface area contributed by atoms with E-state index in [1.165, 1.54) is 16.0 Å². The average molecular weight is 372 g/mol. The SMILES string of the molecule is CN1C(=O)COc2cc(N3C[C@H](CNC(=O)c4cnco4)OC3=O)ccc21. The Morgan fingerprint density at radius 2 is 2.22 bits per heavy atom. The van der Waals surface area contributed by atoms with Crippen molar-refractivity contribution in [2.75, 3.05) is 36.5 Å². The Morgan fingerprint density at radius 3 is 3.00 bits per heavy atom. The number of amides is 3. The second kappa shape index (κ2) is 6.63. The molecule has 1 aromatic heterocycles. The monoisotopic (exact) mass is 372 g/mol. The Balaban J connectivity index is 1.42. The van der Waals surface area contributed by atoms with Crippen LogP contribution in [0.15, 0.2) is 35.2 Å². The fraction of sp³-hybridized carbons (Fsp3) is 0.294. The Hall–Kier alpha value is -3.56. The molecule has 0 saturated carbocycles. The first-order chi connectivity index (χ1) is 13.0. The highest BCUT2D eigenvalue weighted by atomic mass is 16.6. The zero-order chi connectivity index (χ0) is 19.0. The maximum atomic E-state index is 12.2. The summed E-state index contributed by atoms with van der Waals surface area (Å²) in [5.41, 5.74) is 1.23. The Labute approximate surface area is 153 Å². The molecule has 27 heavy (non-hydrogen) atoms. The van der Waals surface area contributed by atoms with Gasteiger partial charge in [-0.2, -0.15) is 0 Å². The predicted octanol–water partition coefficient (Wildman–Crippen LogP) is 0.785. The minimum Gasteiger partial charge on any atom is -0.481 e. The van der Waals surface area contributed by atoms with Gasteiger partial charge in [0.25, 0.3) is 11.8 Å². The molecule has 10 heteroatoms. The largest absolute Gasteiger partial charge is 0.481 e. The van der Waals surface area contributed by atoms with E-state index in [9.17, 15) is 14.4 Å². The van der Waals surface area contributed by atoms with Crippen molar-refractivity contribution in [3.8, 4) is 5.75 Å². The summed E-state index contributed by atoms with van der Waals surface area (Å²) < 4.78 is 15.7. The van der Waals surface area contributed by atoms with E-state index < -0.39 is 18.1 Å². The zero-order valence-corrected chi connectivity index (χ0v) is 14.4. The average Bonchev–Trinajstić information content (AvgIpc) is 3.32. The minimum absolute atomic E-state index is 0.0479. The lowest BCUT2D eigenvalue weighted by Crippen LogP contribution is -2.36. The number of nitrogens with zero attached hydrogens (tertiary/aromatic N) is 3. The number of carbonyl (C=O) groups is 3. The molecule has 0 spiro atoms. The third-order valence-corrected chi connectivity index (χ3v) is 4.36. The number of benzene rings is 1. The van der Waals surface area contributed by atoms with E-state index in [4.69, 9.17) is 13.9 Å². The number of fused-ring (bicyclic) bond motifs is 1. The fourth-order valence-corrected chi connectivity index (χ4v) is 2.89. The first-order valence-corrected chi connectivity index (χ1v) is 8.21. The van der Waals surface area contributed by atoms with Gasteiger partial charge in [0, 0.05) is 13.1 Å². The van der Waals surface area contributed by atoms with Gasteiger partial charge in [0.15, 0.2) is 13.0 Å². The third kappa shape index (κ3) is 3.16. The van der Waals surface area contributed by atoms with E-state index >= 15 is 0 Å². The molecule has 1 atom stereocenters. The summed E-state index contributed by atoms with van der Waals surface area (Å²) in [6.07, 6.45) is 1.44. The highest BCUT2D eigenvalue weighted by molar-refractivity contribution is 5.98. The molecule has 2 aliphatic rings. The van der Waals surface area contributed by atoms with Gasteiger partial charge < -0.3 is 24.1 Å². The first kappa shape index (κ1) is 16.9. The number of nitrogens with one attached hydrogen (secondary N) is 1. The van der Waals surface area contributed by atoms with Crippen LogP contribution < -0.4 is 19.9 Å². The van der Waals surface area contributed by atoms with Crippen molar-refractivity contribution in [1.29, 1.82) is 0 Å². The highest BCUT2D eigenvalue weighted by Gasteiger charge is 2.34. The summed E-state index contributed by atoms with van der Waals surface area (Å²) in [7, 11) is 1.67. The lowest BCUT2D eigenvalue weighted by Gasteiger charge is -2.27. The zero-order valence-electron chi connectivity index (χ0n) is 14.4. The van der Waals surface area contributed by atoms with Crippen molar-refractivity contribution in [1.82, 2.24) is 10.3 Å². The number of likely N-dealkylation sites (N-methyl/N-ethyl adjacent to an activating group) is 1. The summed E-state index contributed by atoms with van der Waals surface area (Å²) in [5.74, 6) is 0.0291. The highest BCUT2D eigenvalue weighted by Crippen LogP contribution is 2.35. The van der Waals surface area contributed by atoms with Crippen LogP contribution in [0.5, 0.6) is 5.75 Å². The van der Waals surface area contributed by atoms with Crippen LogP contribution in [0.2, 0.25) is 0 Å². The molecule has 2 aromatic rings. The first-order valence-electron chi connectivity index (χ1n) is 8.21. The summed E-state index contributed by atoms with van der Waals surface area (Å²) in [4.78, 5) is 42.4. The lowest BCUT2D eigenvalue weighted by atomic mass is 10.2. The molecule has 0 aliphatic carbocycles. The molecule has 140 valence electrons. The van der Waals surface area contributed by atoms with E-state index in [0.717, 1.165) is 6.39 Å². The molecular weight excluding hydrogens is 356 g/mol. The number of rotatable bonds is 4. The van der Waals surface area contributed by atoms with Gasteiger partial charge in [-0.3, -0.25) is 14.5 Å².